The summed E-state index contributed by atoms with van der Waals surface area (Å²) in [5, 5.41) is 10.1. The van der Waals surface area contributed by atoms with Crippen LogP contribution in [-0.4, -0.2) is 35.4 Å². The molecule has 1 unspecified atom stereocenters. The van der Waals surface area contributed by atoms with Crippen molar-refractivity contribution in [1.29, 1.82) is 0 Å². The molecule has 1 aromatic heterocycles. The monoisotopic (exact) mass is 251 g/mol. The average molecular weight is 251 g/mol. The number of hydrogen-bond donors (Lipinski definition) is 2. The van der Waals surface area contributed by atoms with Crippen molar-refractivity contribution in [2.24, 2.45) is 0 Å². The number of nitrogens with two attached hydrogens (primary N) is 1. The first-order valence-electron chi connectivity index (χ1n) is 6.38. The zero-order chi connectivity index (χ0) is 13.2. The van der Waals surface area contributed by atoms with Gasteiger partial charge in [0.25, 0.3) is 0 Å². The number of ether oxygens (including phenoxy) is 1. The van der Waals surface area contributed by atoms with Gasteiger partial charge in [0, 0.05) is 13.1 Å². The molecule has 5 nitrogen and oxygen atoms in total. The molecule has 3 N–H and O–H groups in total. The predicted octanol–water partition coefficient (Wildman–Crippen LogP) is 1.41. The first kappa shape index (κ1) is 13.0. The van der Waals surface area contributed by atoms with E-state index < -0.39 is 5.60 Å². The smallest absolute Gasteiger partial charge is 0.239 e. The summed E-state index contributed by atoms with van der Waals surface area (Å²) in [5.74, 6) is 1.29. The number of hydrogen-bond acceptors (Lipinski definition) is 5. The van der Waals surface area contributed by atoms with Crippen molar-refractivity contribution < 1.29 is 9.84 Å². The van der Waals surface area contributed by atoms with Crippen LogP contribution in [-0.2, 0) is 0 Å². The fraction of sp³-hybridized carbons (Fsp3) is 0.615. The summed E-state index contributed by atoms with van der Waals surface area (Å²) in [4.78, 5) is 6.49. The number of nitrogen functional groups attached to an aromatic ring is 1. The van der Waals surface area contributed by atoms with E-state index in [0.717, 1.165) is 25.2 Å². The second-order valence-corrected chi connectivity index (χ2v) is 5.02. The van der Waals surface area contributed by atoms with Crippen molar-refractivity contribution in [2.75, 3.05) is 30.3 Å². The lowest BCUT2D eigenvalue weighted by Gasteiger charge is -2.37. The number of aromatic nitrogens is 1. The SMILES string of the molecule is CCOc1nc(N2CCCC(C)(O)C2)ccc1N. The van der Waals surface area contributed by atoms with Crippen LogP contribution in [0.2, 0.25) is 0 Å². The van der Waals surface area contributed by atoms with E-state index in [9.17, 15) is 5.11 Å². The summed E-state index contributed by atoms with van der Waals surface area (Å²) in [6, 6.07) is 3.68. The molecule has 18 heavy (non-hydrogen) atoms. The zero-order valence-corrected chi connectivity index (χ0v) is 11.0. The van der Waals surface area contributed by atoms with Gasteiger partial charge in [0.15, 0.2) is 0 Å². The molecule has 1 fully saturated rings. The highest BCUT2D eigenvalue weighted by molar-refractivity contribution is 5.54. The normalized spacial score (nSPS) is 24.1. The summed E-state index contributed by atoms with van der Waals surface area (Å²) in [5.41, 5.74) is 5.70. The number of nitrogens with zero attached hydrogens (tertiary/aromatic N) is 2. The molecule has 1 saturated heterocycles. The van der Waals surface area contributed by atoms with Gasteiger partial charge in [-0.1, -0.05) is 0 Å². The van der Waals surface area contributed by atoms with Crippen LogP contribution in [0.1, 0.15) is 26.7 Å². The Bertz CT molecular complexity index is 421. The Balaban J connectivity index is 2.20. The molecule has 0 aromatic carbocycles. The quantitative estimate of drug-likeness (QED) is 0.850. The molecule has 0 amide bonds. The summed E-state index contributed by atoms with van der Waals surface area (Å²) in [6.07, 6.45) is 1.79. The highest BCUT2D eigenvalue weighted by Crippen LogP contribution is 2.28. The number of pyridine rings is 1. The van der Waals surface area contributed by atoms with E-state index in [2.05, 4.69) is 9.88 Å². The van der Waals surface area contributed by atoms with Crippen molar-refractivity contribution in [1.82, 2.24) is 4.98 Å². The van der Waals surface area contributed by atoms with Crippen LogP contribution in [0.25, 0.3) is 0 Å². The van der Waals surface area contributed by atoms with Crippen LogP contribution >= 0.6 is 0 Å². The Morgan fingerprint density at radius 1 is 1.56 bits per heavy atom. The molecule has 2 rings (SSSR count). The number of aliphatic hydroxyl groups is 1. The molecular formula is C13H21N3O2. The molecule has 1 aliphatic rings. The van der Waals surface area contributed by atoms with Gasteiger partial charge in [-0.25, -0.2) is 0 Å². The van der Waals surface area contributed by atoms with Crippen LogP contribution in [0, 0.1) is 0 Å². The van der Waals surface area contributed by atoms with Gasteiger partial charge in [-0.15, -0.1) is 0 Å². The standard InChI is InChI=1S/C13H21N3O2/c1-3-18-12-10(14)5-6-11(15-12)16-8-4-7-13(2,17)9-16/h5-6,17H,3-4,7-9,14H2,1-2H3. The van der Waals surface area contributed by atoms with Gasteiger partial charge in [0.1, 0.15) is 5.82 Å². The van der Waals surface area contributed by atoms with Gasteiger partial charge < -0.3 is 20.5 Å². The minimum absolute atomic E-state index is 0.472. The third-order valence-electron chi connectivity index (χ3n) is 3.15. The van der Waals surface area contributed by atoms with Crippen LogP contribution in [0.5, 0.6) is 5.88 Å². The largest absolute Gasteiger partial charge is 0.476 e. The molecular weight excluding hydrogens is 230 g/mol. The Morgan fingerprint density at radius 3 is 3.00 bits per heavy atom. The molecule has 1 aromatic rings. The van der Waals surface area contributed by atoms with Crippen molar-refractivity contribution in [3.63, 3.8) is 0 Å². The number of rotatable bonds is 3. The highest BCUT2D eigenvalue weighted by atomic mass is 16.5. The first-order valence-corrected chi connectivity index (χ1v) is 6.38. The van der Waals surface area contributed by atoms with E-state index in [1.54, 1.807) is 6.07 Å². The van der Waals surface area contributed by atoms with E-state index in [-0.39, 0.29) is 0 Å². The maximum absolute atomic E-state index is 10.1. The third-order valence-corrected chi connectivity index (χ3v) is 3.15. The summed E-state index contributed by atoms with van der Waals surface area (Å²) in [7, 11) is 0. The fourth-order valence-electron chi connectivity index (χ4n) is 2.29. The van der Waals surface area contributed by atoms with Gasteiger partial charge in [-0.3, -0.25) is 0 Å². The molecule has 0 spiro atoms. The molecule has 0 bridgehead atoms. The van der Waals surface area contributed by atoms with E-state index in [0.29, 0.717) is 24.7 Å². The molecule has 100 valence electrons. The maximum atomic E-state index is 10.1. The van der Waals surface area contributed by atoms with Gasteiger partial charge in [-0.2, -0.15) is 4.98 Å². The highest BCUT2D eigenvalue weighted by Gasteiger charge is 2.29. The van der Waals surface area contributed by atoms with Gasteiger partial charge in [0.05, 0.1) is 17.9 Å². The summed E-state index contributed by atoms with van der Waals surface area (Å²) >= 11 is 0. The van der Waals surface area contributed by atoms with Crippen LogP contribution < -0.4 is 15.4 Å². The lowest BCUT2D eigenvalue weighted by Crippen LogP contribution is -2.46. The molecule has 0 aliphatic carbocycles. The Labute approximate surface area is 108 Å². The van der Waals surface area contributed by atoms with Gasteiger partial charge in [-0.05, 0) is 38.8 Å². The molecule has 0 saturated carbocycles. The number of anilines is 2. The average Bonchev–Trinajstić information content (AvgIpc) is 2.31. The summed E-state index contributed by atoms with van der Waals surface area (Å²) in [6.45, 7) is 5.80. The Hall–Kier alpha value is -1.49. The van der Waals surface area contributed by atoms with Crippen molar-refractivity contribution in [3.05, 3.63) is 12.1 Å². The van der Waals surface area contributed by atoms with E-state index >= 15 is 0 Å². The Kier molecular flexibility index (Phi) is 3.61. The van der Waals surface area contributed by atoms with E-state index in [1.165, 1.54) is 0 Å². The van der Waals surface area contributed by atoms with E-state index in [4.69, 9.17) is 10.5 Å². The van der Waals surface area contributed by atoms with Crippen LogP contribution in [0.15, 0.2) is 12.1 Å². The first-order chi connectivity index (χ1) is 8.52. The van der Waals surface area contributed by atoms with Gasteiger partial charge >= 0.3 is 0 Å². The topological polar surface area (TPSA) is 71.6 Å². The van der Waals surface area contributed by atoms with Crippen LogP contribution in [0.3, 0.4) is 0 Å². The van der Waals surface area contributed by atoms with Crippen molar-refractivity contribution >= 4 is 11.5 Å². The zero-order valence-electron chi connectivity index (χ0n) is 11.0. The second kappa shape index (κ2) is 5.02. The van der Waals surface area contributed by atoms with Crippen LogP contribution in [0.4, 0.5) is 11.5 Å². The lowest BCUT2D eigenvalue weighted by atomic mass is 9.95. The van der Waals surface area contributed by atoms with E-state index in [1.807, 2.05) is 19.9 Å². The Morgan fingerprint density at radius 2 is 2.33 bits per heavy atom. The summed E-state index contributed by atoms with van der Waals surface area (Å²) < 4.78 is 5.39. The predicted molar refractivity (Wildman–Crippen MR) is 71.9 cm³/mol. The molecule has 5 heteroatoms. The van der Waals surface area contributed by atoms with Gasteiger partial charge in [0.2, 0.25) is 5.88 Å². The third kappa shape index (κ3) is 2.85. The second-order valence-electron chi connectivity index (χ2n) is 5.02. The molecule has 2 heterocycles. The maximum Gasteiger partial charge on any atom is 0.239 e. The minimum Gasteiger partial charge on any atom is -0.476 e. The fourth-order valence-corrected chi connectivity index (χ4v) is 2.29. The molecule has 1 atom stereocenters. The van der Waals surface area contributed by atoms with Crippen molar-refractivity contribution in [2.45, 2.75) is 32.3 Å². The lowest BCUT2D eigenvalue weighted by molar-refractivity contribution is 0.0446. The molecule has 0 radical (unpaired) electrons. The van der Waals surface area contributed by atoms with Crippen molar-refractivity contribution in [3.8, 4) is 5.88 Å². The molecule has 1 aliphatic heterocycles. The number of β-amino-alcohol motifs (C(OH)–C–C–N with tert-alkyl or cyclic N) is 1. The minimum atomic E-state index is -0.646. The number of piperidine rings is 1.